The average molecular weight is 481 g/mol. The first-order valence-electron chi connectivity index (χ1n) is 13.0. The number of benzene rings is 1. The number of hydrogen-bond donors (Lipinski definition) is 2. The van der Waals surface area contributed by atoms with Crippen molar-refractivity contribution in [3.63, 3.8) is 0 Å². The molecule has 0 unspecified atom stereocenters. The fraction of sp³-hybridized carbons (Fsp3) is 0.593. The SMILES string of the molecule is COc1ccc2c(c1)c(NC(C)=O)c1n2C[C@@](C)(C(=O)NC2CCCCC2)N(C2CCCC2)C1=O. The molecule has 0 saturated heterocycles. The van der Waals surface area contributed by atoms with Gasteiger partial charge in [-0.15, -0.1) is 0 Å². The first kappa shape index (κ1) is 23.7. The van der Waals surface area contributed by atoms with E-state index < -0.39 is 5.54 Å². The monoisotopic (exact) mass is 480 g/mol. The highest BCUT2D eigenvalue weighted by Gasteiger charge is 2.52. The lowest BCUT2D eigenvalue weighted by Gasteiger charge is -2.48. The van der Waals surface area contributed by atoms with Crippen molar-refractivity contribution in [1.29, 1.82) is 0 Å². The number of nitrogens with zero attached hydrogens (tertiary/aromatic N) is 2. The maximum atomic E-state index is 14.3. The number of ether oxygens (including phenoxy) is 1. The number of anilines is 1. The molecule has 8 heteroatoms. The van der Waals surface area contributed by atoms with Crippen LogP contribution >= 0.6 is 0 Å². The van der Waals surface area contributed by atoms with E-state index >= 15 is 0 Å². The number of fused-ring (bicyclic) bond motifs is 3. The van der Waals surface area contributed by atoms with E-state index in [9.17, 15) is 14.4 Å². The number of nitrogens with one attached hydrogen (secondary N) is 2. The van der Waals surface area contributed by atoms with E-state index in [1.807, 2.05) is 34.6 Å². The molecule has 2 aromatic rings. The van der Waals surface area contributed by atoms with Gasteiger partial charge in [-0.05, 0) is 50.8 Å². The lowest BCUT2D eigenvalue weighted by Crippen LogP contribution is -2.67. The van der Waals surface area contributed by atoms with Crippen LogP contribution in [0.2, 0.25) is 0 Å². The van der Waals surface area contributed by atoms with Crippen LogP contribution < -0.4 is 15.4 Å². The second-order valence-electron chi connectivity index (χ2n) is 10.6. The van der Waals surface area contributed by atoms with Crippen molar-refractivity contribution in [2.45, 2.75) is 95.8 Å². The Labute approximate surface area is 206 Å². The van der Waals surface area contributed by atoms with Crippen LogP contribution in [0.25, 0.3) is 10.9 Å². The number of amides is 3. The van der Waals surface area contributed by atoms with Gasteiger partial charge in [0.2, 0.25) is 11.8 Å². The van der Waals surface area contributed by atoms with Crippen LogP contribution in [0.3, 0.4) is 0 Å². The summed E-state index contributed by atoms with van der Waals surface area (Å²) in [6.07, 6.45) is 9.32. The number of hydrogen-bond acceptors (Lipinski definition) is 4. The molecule has 1 aromatic heterocycles. The Balaban J connectivity index is 1.64. The maximum absolute atomic E-state index is 14.3. The summed E-state index contributed by atoms with van der Waals surface area (Å²) < 4.78 is 7.35. The smallest absolute Gasteiger partial charge is 0.273 e. The standard InChI is InChI=1S/C27H36N4O4/c1-17(32)28-23-21-15-20(35-3)13-14-22(21)30-16-27(2,26(34)29-18-9-5-4-6-10-18)31(25(33)24(23)30)19-11-7-8-12-19/h13-15,18-19H,4-12,16H2,1-3H3,(H,28,32)(H,29,34)/t27-/m0/s1. The minimum atomic E-state index is -1.02. The summed E-state index contributed by atoms with van der Waals surface area (Å²) in [5.41, 5.74) is 0.726. The quantitative estimate of drug-likeness (QED) is 0.670. The van der Waals surface area contributed by atoms with Gasteiger partial charge < -0.3 is 24.8 Å². The third-order valence-electron chi connectivity index (χ3n) is 8.11. The van der Waals surface area contributed by atoms with Gasteiger partial charge in [0.1, 0.15) is 17.0 Å². The first-order valence-corrected chi connectivity index (χ1v) is 13.0. The van der Waals surface area contributed by atoms with Crippen molar-refractivity contribution in [2.24, 2.45) is 0 Å². The molecule has 2 aliphatic carbocycles. The van der Waals surface area contributed by atoms with E-state index in [0.717, 1.165) is 62.3 Å². The van der Waals surface area contributed by atoms with E-state index in [1.54, 1.807) is 7.11 Å². The van der Waals surface area contributed by atoms with Crippen LogP contribution in [-0.2, 0) is 16.1 Å². The normalized spacial score (nSPS) is 23.4. The Kier molecular flexibility index (Phi) is 6.23. The molecule has 0 spiro atoms. The summed E-state index contributed by atoms with van der Waals surface area (Å²) in [6, 6.07) is 5.77. The van der Waals surface area contributed by atoms with Gasteiger partial charge in [0, 0.05) is 24.4 Å². The van der Waals surface area contributed by atoms with E-state index in [4.69, 9.17) is 4.74 Å². The molecule has 1 aromatic carbocycles. The molecule has 0 radical (unpaired) electrons. The van der Waals surface area contributed by atoms with Crippen molar-refractivity contribution in [1.82, 2.24) is 14.8 Å². The summed E-state index contributed by atoms with van der Waals surface area (Å²) in [5, 5.41) is 6.95. The highest BCUT2D eigenvalue weighted by molar-refractivity contribution is 6.14. The lowest BCUT2D eigenvalue weighted by atomic mass is 9.89. The Morgan fingerprint density at radius 1 is 1.06 bits per heavy atom. The van der Waals surface area contributed by atoms with E-state index in [2.05, 4.69) is 10.6 Å². The van der Waals surface area contributed by atoms with Crippen LogP contribution in [0.4, 0.5) is 5.69 Å². The molecule has 5 rings (SSSR count). The summed E-state index contributed by atoms with van der Waals surface area (Å²) in [7, 11) is 1.59. The molecule has 0 bridgehead atoms. The largest absolute Gasteiger partial charge is 0.497 e. The van der Waals surface area contributed by atoms with Gasteiger partial charge in [-0.3, -0.25) is 14.4 Å². The maximum Gasteiger partial charge on any atom is 0.273 e. The molecule has 2 saturated carbocycles. The van der Waals surface area contributed by atoms with Crippen LogP contribution in [0.1, 0.15) is 82.1 Å². The van der Waals surface area contributed by atoms with Gasteiger partial charge in [-0.2, -0.15) is 0 Å². The Hall–Kier alpha value is -3.03. The fourth-order valence-corrected chi connectivity index (χ4v) is 6.37. The van der Waals surface area contributed by atoms with Gasteiger partial charge >= 0.3 is 0 Å². The highest BCUT2D eigenvalue weighted by atomic mass is 16.5. The molecule has 1 aliphatic heterocycles. The molecular formula is C27H36N4O4. The Morgan fingerprint density at radius 3 is 2.40 bits per heavy atom. The first-order chi connectivity index (χ1) is 16.8. The zero-order valence-corrected chi connectivity index (χ0v) is 21.0. The number of carbonyl (C=O) groups excluding carboxylic acids is 3. The molecular weight excluding hydrogens is 444 g/mol. The number of carbonyl (C=O) groups is 3. The van der Waals surface area contributed by atoms with E-state index in [1.165, 1.54) is 13.3 Å². The van der Waals surface area contributed by atoms with Gasteiger partial charge in [-0.25, -0.2) is 0 Å². The Morgan fingerprint density at radius 2 is 1.74 bits per heavy atom. The van der Waals surface area contributed by atoms with E-state index in [-0.39, 0.29) is 29.8 Å². The van der Waals surface area contributed by atoms with Gasteiger partial charge in [0.25, 0.3) is 5.91 Å². The zero-order valence-electron chi connectivity index (χ0n) is 21.0. The second-order valence-corrected chi connectivity index (χ2v) is 10.6. The summed E-state index contributed by atoms with van der Waals surface area (Å²) in [6.45, 7) is 3.70. The molecule has 35 heavy (non-hydrogen) atoms. The fourth-order valence-electron chi connectivity index (χ4n) is 6.37. The van der Waals surface area contributed by atoms with Gasteiger partial charge in [0.05, 0.1) is 24.9 Å². The van der Waals surface area contributed by atoms with Crippen molar-refractivity contribution in [3.05, 3.63) is 23.9 Å². The number of rotatable bonds is 5. The predicted molar refractivity (Wildman–Crippen MR) is 135 cm³/mol. The lowest BCUT2D eigenvalue weighted by molar-refractivity contribution is -0.135. The van der Waals surface area contributed by atoms with Crippen LogP contribution in [0.5, 0.6) is 5.75 Å². The minimum Gasteiger partial charge on any atom is -0.497 e. The minimum absolute atomic E-state index is 0.0103. The third kappa shape index (κ3) is 4.06. The van der Waals surface area contributed by atoms with Crippen molar-refractivity contribution >= 4 is 34.3 Å². The van der Waals surface area contributed by atoms with Crippen LogP contribution in [0.15, 0.2) is 18.2 Å². The van der Waals surface area contributed by atoms with Crippen LogP contribution in [-0.4, -0.2) is 51.9 Å². The topological polar surface area (TPSA) is 92.7 Å². The summed E-state index contributed by atoms with van der Waals surface area (Å²) in [4.78, 5) is 42.2. The highest BCUT2D eigenvalue weighted by Crippen LogP contribution is 2.42. The van der Waals surface area contributed by atoms with Crippen LogP contribution in [0, 0.1) is 0 Å². The molecule has 2 fully saturated rings. The summed E-state index contributed by atoms with van der Waals surface area (Å²) in [5.74, 6) is 0.131. The van der Waals surface area contributed by atoms with Crippen molar-refractivity contribution in [3.8, 4) is 5.75 Å². The predicted octanol–water partition coefficient (Wildman–Crippen LogP) is 4.21. The molecule has 8 nitrogen and oxygen atoms in total. The number of aromatic nitrogens is 1. The molecule has 2 N–H and O–H groups in total. The van der Waals surface area contributed by atoms with E-state index in [0.29, 0.717) is 23.7 Å². The molecule has 3 amide bonds. The molecule has 2 heterocycles. The second kappa shape index (κ2) is 9.21. The van der Waals surface area contributed by atoms with Crippen molar-refractivity contribution in [2.75, 3.05) is 12.4 Å². The number of methoxy groups -OCH3 is 1. The molecule has 1 atom stereocenters. The zero-order chi connectivity index (χ0) is 24.7. The summed E-state index contributed by atoms with van der Waals surface area (Å²) >= 11 is 0. The molecule has 188 valence electrons. The third-order valence-corrected chi connectivity index (χ3v) is 8.11. The molecule has 3 aliphatic rings. The van der Waals surface area contributed by atoms with Crippen molar-refractivity contribution < 1.29 is 19.1 Å². The van der Waals surface area contributed by atoms with Gasteiger partial charge in [-0.1, -0.05) is 32.1 Å². The van der Waals surface area contributed by atoms with Gasteiger partial charge in [0.15, 0.2) is 0 Å². The Bertz CT molecular complexity index is 1160. The average Bonchev–Trinajstić information content (AvgIpc) is 3.46.